The van der Waals surface area contributed by atoms with Crippen molar-refractivity contribution in [2.75, 3.05) is 12.8 Å². The van der Waals surface area contributed by atoms with Gasteiger partial charge in [-0.2, -0.15) is 0 Å². The van der Waals surface area contributed by atoms with Gasteiger partial charge in [-0.15, -0.1) is 0 Å². The molecule has 0 aliphatic carbocycles. The van der Waals surface area contributed by atoms with E-state index in [1.807, 2.05) is 24.3 Å². The first-order valence-electron chi connectivity index (χ1n) is 6.99. The van der Waals surface area contributed by atoms with Crippen LogP contribution in [-0.4, -0.2) is 18.0 Å². The first-order chi connectivity index (χ1) is 10.7. The summed E-state index contributed by atoms with van der Waals surface area (Å²) in [5, 5.41) is 2.63. The topological polar surface area (TPSA) is 67.6 Å². The second kappa shape index (κ2) is 5.81. The number of fused-ring (bicyclic) bond motifs is 1. The Morgan fingerprint density at radius 3 is 2.64 bits per heavy atom. The maximum atomic E-state index is 11.9. The van der Waals surface area contributed by atoms with Gasteiger partial charge in [0.2, 0.25) is 0 Å². The van der Waals surface area contributed by atoms with Gasteiger partial charge in [0.05, 0.1) is 12.7 Å². The van der Waals surface area contributed by atoms with Crippen molar-refractivity contribution < 1.29 is 9.53 Å². The van der Waals surface area contributed by atoms with Gasteiger partial charge in [0.1, 0.15) is 5.75 Å². The average Bonchev–Trinajstić information content (AvgIpc) is 2.56. The molecule has 2 aromatic carbocycles. The number of nitrogen functional groups attached to an aromatic ring is 1. The van der Waals surface area contributed by atoms with Crippen molar-refractivity contribution in [1.29, 1.82) is 0 Å². The molecule has 5 heteroatoms. The second-order valence-electron chi connectivity index (χ2n) is 5.00. The summed E-state index contributed by atoms with van der Waals surface area (Å²) in [7, 11) is 1.61. The number of nitrogens with two attached hydrogens (primary N) is 1. The molecule has 2 amide bonds. The third kappa shape index (κ3) is 2.74. The molecule has 0 spiro atoms. The molecule has 0 radical (unpaired) electrons. The van der Waals surface area contributed by atoms with E-state index in [1.54, 1.807) is 42.4 Å². The predicted octanol–water partition coefficient (Wildman–Crippen LogP) is 2.80. The largest absolute Gasteiger partial charge is 0.455 e. The van der Waals surface area contributed by atoms with Crippen LogP contribution in [0.1, 0.15) is 11.1 Å². The number of benzene rings is 2. The molecule has 0 fully saturated rings. The van der Waals surface area contributed by atoms with Gasteiger partial charge in [0.15, 0.2) is 5.76 Å². The number of carbonyl (C=O) groups excluding carboxylic acids is 1. The molecule has 0 aromatic heterocycles. The van der Waals surface area contributed by atoms with Crippen LogP contribution < -0.4 is 15.8 Å². The number of nitrogens with zero attached hydrogens (tertiary/aromatic N) is 1. The Labute approximate surface area is 129 Å². The van der Waals surface area contributed by atoms with E-state index in [4.69, 9.17) is 10.5 Å². The van der Waals surface area contributed by atoms with Crippen molar-refractivity contribution in [2.45, 2.75) is 6.54 Å². The van der Waals surface area contributed by atoms with Crippen LogP contribution in [0.3, 0.4) is 0 Å². The zero-order chi connectivity index (χ0) is 15.5. The molecule has 0 saturated heterocycles. The summed E-state index contributed by atoms with van der Waals surface area (Å²) in [5.41, 5.74) is 8.39. The maximum absolute atomic E-state index is 11.9. The normalized spacial score (nSPS) is 13.1. The van der Waals surface area contributed by atoms with Crippen LogP contribution in [0.5, 0.6) is 5.75 Å². The lowest BCUT2D eigenvalue weighted by atomic mass is 10.0. The zero-order valence-electron chi connectivity index (χ0n) is 12.2. The van der Waals surface area contributed by atoms with Crippen molar-refractivity contribution in [1.82, 2.24) is 10.2 Å². The van der Waals surface area contributed by atoms with Crippen molar-refractivity contribution >= 4 is 17.5 Å². The molecule has 1 heterocycles. The number of hydrogen-bond acceptors (Lipinski definition) is 3. The maximum Gasteiger partial charge on any atom is 0.321 e. The summed E-state index contributed by atoms with van der Waals surface area (Å²) in [6.07, 6.45) is 1.72. The summed E-state index contributed by atoms with van der Waals surface area (Å²) in [6, 6.07) is 14.9. The summed E-state index contributed by atoms with van der Waals surface area (Å²) in [6.45, 7) is 0.518. The number of anilines is 1. The van der Waals surface area contributed by atoms with Crippen molar-refractivity contribution in [3.8, 4) is 5.75 Å². The van der Waals surface area contributed by atoms with E-state index in [1.165, 1.54) is 0 Å². The summed E-state index contributed by atoms with van der Waals surface area (Å²) in [5.74, 6) is 1.31. The number of nitrogens with one attached hydrogen (secondary N) is 1. The molecule has 1 aliphatic heterocycles. The van der Waals surface area contributed by atoms with Crippen LogP contribution in [0.15, 0.2) is 54.7 Å². The SMILES string of the molecule is CNC(=O)N1C=C(Oc2ccc(N)cc2)c2ccccc2C1. The minimum absolute atomic E-state index is 0.173. The van der Waals surface area contributed by atoms with Gasteiger partial charge in [-0.05, 0) is 29.8 Å². The van der Waals surface area contributed by atoms with E-state index in [2.05, 4.69) is 5.32 Å². The molecule has 1 aliphatic rings. The van der Waals surface area contributed by atoms with Crippen LogP contribution in [-0.2, 0) is 6.54 Å². The van der Waals surface area contributed by atoms with E-state index in [-0.39, 0.29) is 6.03 Å². The first kappa shape index (κ1) is 14.0. The van der Waals surface area contributed by atoms with Crippen LogP contribution >= 0.6 is 0 Å². The number of carbonyl (C=O) groups is 1. The number of amides is 2. The number of urea groups is 1. The molecule has 3 N–H and O–H groups in total. The van der Waals surface area contributed by atoms with Crippen molar-refractivity contribution in [3.63, 3.8) is 0 Å². The van der Waals surface area contributed by atoms with Crippen LogP contribution in [0.25, 0.3) is 5.76 Å². The Morgan fingerprint density at radius 1 is 1.18 bits per heavy atom. The molecule has 0 bridgehead atoms. The van der Waals surface area contributed by atoms with Crippen LogP contribution in [0.2, 0.25) is 0 Å². The van der Waals surface area contributed by atoms with E-state index in [0.29, 0.717) is 23.7 Å². The summed E-state index contributed by atoms with van der Waals surface area (Å²) >= 11 is 0. The Morgan fingerprint density at radius 2 is 1.91 bits per heavy atom. The molecule has 22 heavy (non-hydrogen) atoms. The predicted molar refractivity (Wildman–Crippen MR) is 85.9 cm³/mol. The first-order valence-corrected chi connectivity index (χ1v) is 6.99. The molecule has 2 aromatic rings. The van der Waals surface area contributed by atoms with Crippen molar-refractivity contribution in [3.05, 3.63) is 65.9 Å². The third-order valence-electron chi connectivity index (χ3n) is 3.48. The highest BCUT2D eigenvalue weighted by Crippen LogP contribution is 2.29. The Hall–Kier alpha value is -2.95. The highest BCUT2D eigenvalue weighted by Gasteiger charge is 2.22. The fraction of sp³-hybridized carbons (Fsp3) is 0.118. The molecular formula is C17H17N3O2. The van der Waals surface area contributed by atoms with E-state index in [0.717, 1.165) is 11.1 Å². The third-order valence-corrected chi connectivity index (χ3v) is 3.48. The van der Waals surface area contributed by atoms with Gasteiger partial charge in [0, 0.05) is 18.3 Å². The molecule has 0 atom stereocenters. The molecule has 0 saturated carbocycles. The standard InChI is InChI=1S/C17H17N3O2/c1-19-17(21)20-10-12-4-2-3-5-15(12)16(11-20)22-14-8-6-13(18)7-9-14/h2-9,11H,10,18H2,1H3,(H,19,21). The Balaban J connectivity index is 1.95. The van der Waals surface area contributed by atoms with Gasteiger partial charge < -0.3 is 15.8 Å². The highest BCUT2D eigenvalue weighted by molar-refractivity contribution is 5.79. The number of hydrogen-bond donors (Lipinski definition) is 2. The van der Waals surface area contributed by atoms with Gasteiger partial charge >= 0.3 is 6.03 Å². The smallest absolute Gasteiger partial charge is 0.321 e. The van der Waals surface area contributed by atoms with Gasteiger partial charge in [-0.1, -0.05) is 24.3 Å². The Bertz CT molecular complexity index is 723. The number of ether oxygens (including phenoxy) is 1. The molecule has 5 nitrogen and oxygen atoms in total. The lowest BCUT2D eigenvalue weighted by Gasteiger charge is -2.26. The zero-order valence-corrected chi connectivity index (χ0v) is 12.2. The van der Waals surface area contributed by atoms with Crippen LogP contribution in [0, 0.1) is 0 Å². The average molecular weight is 295 g/mol. The second-order valence-corrected chi connectivity index (χ2v) is 5.00. The minimum atomic E-state index is -0.173. The highest BCUT2D eigenvalue weighted by atomic mass is 16.5. The van der Waals surface area contributed by atoms with Gasteiger partial charge in [0.25, 0.3) is 0 Å². The van der Waals surface area contributed by atoms with Crippen molar-refractivity contribution in [2.24, 2.45) is 0 Å². The summed E-state index contributed by atoms with van der Waals surface area (Å²) in [4.78, 5) is 13.5. The molecule has 112 valence electrons. The number of rotatable bonds is 2. The Kier molecular flexibility index (Phi) is 3.70. The monoisotopic (exact) mass is 295 g/mol. The fourth-order valence-corrected chi connectivity index (χ4v) is 2.36. The molecule has 0 unspecified atom stereocenters. The molecular weight excluding hydrogens is 278 g/mol. The van der Waals surface area contributed by atoms with Gasteiger partial charge in [-0.25, -0.2) is 4.79 Å². The molecule has 3 rings (SSSR count). The fourth-order valence-electron chi connectivity index (χ4n) is 2.36. The quantitative estimate of drug-likeness (QED) is 0.837. The summed E-state index contributed by atoms with van der Waals surface area (Å²) < 4.78 is 5.95. The minimum Gasteiger partial charge on any atom is -0.455 e. The van der Waals surface area contributed by atoms with Gasteiger partial charge in [-0.3, -0.25) is 4.90 Å². The van der Waals surface area contributed by atoms with E-state index >= 15 is 0 Å². The lowest BCUT2D eigenvalue weighted by Crippen LogP contribution is -2.36. The lowest BCUT2D eigenvalue weighted by molar-refractivity contribution is 0.214. The van der Waals surface area contributed by atoms with E-state index in [9.17, 15) is 4.79 Å². The van der Waals surface area contributed by atoms with Crippen LogP contribution in [0.4, 0.5) is 10.5 Å². The van der Waals surface area contributed by atoms with E-state index < -0.39 is 0 Å².